The fourth-order valence-electron chi connectivity index (χ4n) is 4.91. The molecule has 4 N–H and O–H groups in total. The van der Waals surface area contributed by atoms with Crippen LogP contribution in [0.25, 0.3) is 11.1 Å². The van der Waals surface area contributed by atoms with Crippen LogP contribution in [0.2, 0.25) is 0 Å². The standard InChI is InChI=1S/C30H27FN2O3S/c31-22-12-9-19(10-13-22)27(35)16-15-26-29(33(30(37)32-26)23-6-2-1-3-7-23)25-14-11-21(18-28(25)36)20-5-4-8-24(34)17-20/h1-14,17-18,26-27,29,34-36H,15-16H2,(H,32,37)/t26-,27-,29+/m0/s1. The van der Waals surface area contributed by atoms with E-state index in [0.29, 0.717) is 29.1 Å². The molecule has 0 amide bonds. The van der Waals surface area contributed by atoms with Crippen molar-refractivity contribution in [3.63, 3.8) is 0 Å². The second-order valence-electron chi connectivity index (χ2n) is 9.17. The Morgan fingerprint density at radius 2 is 1.59 bits per heavy atom. The van der Waals surface area contributed by atoms with Crippen molar-refractivity contribution >= 4 is 23.0 Å². The van der Waals surface area contributed by atoms with Crippen molar-refractivity contribution in [2.75, 3.05) is 4.90 Å². The third-order valence-electron chi connectivity index (χ3n) is 6.76. The lowest BCUT2D eigenvalue weighted by atomic mass is 9.91. The maximum atomic E-state index is 13.3. The van der Waals surface area contributed by atoms with E-state index < -0.39 is 6.10 Å². The molecule has 0 aromatic heterocycles. The SMILES string of the molecule is Oc1cccc(-c2ccc([C@@H]3[C@H](CC[C@H](O)c4ccc(F)cc4)NC(=S)N3c3ccccc3)c(O)c2)c1. The number of phenolic OH excluding ortho intramolecular Hbond substituents is 2. The van der Waals surface area contributed by atoms with Gasteiger partial charge in [0.05, 0.1) is 18.2 Å². The lowest BCUT2D eigenvalue weighted by molar-refractivity contribution is 0.159. The van der Waals surface area contributed by atoms with E-state index in [9.17, 15) is 19.7 Å². The molecule has 1 saturated heterocycles. The van der Waals surface area contributed by atoms with Crippen LogP contribution in [0.1, 0.15) is 36.1 Å². The van der Waals surface area contributed by atoms with Crippen LogP contribution < -0.4 is 10.2 Å². The predicted octanol–water partition coefficient (Wildman–Crippen LogP) is 6.22. The van der Waals surface area contributed by atoms with Crippen molar-refractivity contribution in [1.29, 1.82) is 0 Å². The fourth-order valence-corrected chi connectivity index (χ4v) is 5.28. The number of hydrogen-bond donors (Lipinski definition) is 4. The van der Waals surface area contributed by atoms with Crippen molar-refractivity contribution in [1.82, 2.24) is 5.32 Å². The molecule has 7 heteroatoms. The van der Waals surface area contributed by atoms with E-state index in [2.05, 4.69) is 5.32 Å². The summed E-state index contributed by atoms with van der Waals surface area (Å²) in [5, 5.41) is 35.7. The summed E-state index contributed by atoms with van der Waals surface area (Å²) >= 11 is 5.73. The molecule has 1 aliphatic heterocycles. The first-order chi connectivity index (χ1) is 17.9. The van der Waals surface area contributed by atoms with Gasteiger partial charge in [-0.05, 0) is 84.2 Å². The second-order valence-corrected chi connectivity index (χ2v) is 9.56. The molecule has 5 rings (SSSR count). The maximum absolute atomic E-state index is 13.3. The smallest absolute Gasteiger partial charge is 0.174 e. The zero-order valence-corrected chi connectivity index (χ0v) is 20.8. The average Bonchev–Trinajstić information content (AvgIpc) is 3.23. The molecule has 0 radical (unpaired) electrons. The number of aliphatic hydroxyl groups excluding tert-OH is 1. The van der Waals surface area contributed by atoms with Gasteiger partial charge in [-0.2, -0.15) is 0 Å². The first-order valence-corrected chi connectivity index (χ1v) is 12.5. The normalized spacial score (nSPS) is 18.0. The zero-order chi connectivity index (χ0) is 25.9. The molecule has 1 aliphatic rings. The summed E-state index contributed by atoms with van der Waals surface area (Å²) < 4.78 is 13.3. The van der Waals surface area contributed by atoms with Crippen LogP contribution in [0.15, 0.2) is 97.1 Å². The van der Waals surface area contributed by atoms with E-state index in [1.54, 1.807) is 36.4 Å². The van der Waals surface area contributed by atoms with E-state index in [1.807, 2.05) is 53.4 Å². The Kier molecular flexibility index (Phi) is 7.08. The number of nitrogens with zero attached hydrogens (tertiary/aromatic N) is 1. The van der Waals surface area contributed by atoms with Crippen LogP contribution in [0.5, 0.6) is 11.5 Å². The summed E-state index contributed by atoms with van der Waals surface area (Å²) in [4.78, 5) is 1.99. The summed E-state index contributed by atoms with van der Waals surface area (Å²) in [6.45, 7) is 0. The minimum atomic E-state index is -0.760. The topological polar surface area (TPSA) is 76.0 Å². The number of halogens is 1. The molecule has 0 aliphatic carbocycles. The quantitative estimate of drug-likeness (QED) is 0.219. The number of rotatable bonds is 7. The molecule has 1 fully saturated rings. The van der Waals surface area contributed by atoms with Crippen molar-refractivity contribution < 1.29 is 19.7 Å². The highest BCUT2D eigenvalue weighted by Gasteiger charge is 2.40. The molecule has 4 aromatic carbocycles. The summed E-state index contributed by atoms with van der Waals surface area (Å²) in [7, 11) is 0. The van der Waals surface area contributed by atoms with Gasteiger partial charge in [0.1, 0.15) is 17.3 Å². The zero-order valence-electron chi connectivity index (χ0n) is 20.0. The molecule has 0 saturated carbocycles. The van der Waals surface area contributed by atoms with Gasteiger partial charge >= 0.3 is 0 Å². The molecule has 37 heavy (non-hydrogen) atoms. The molecule has 3 atom stereocenters. The molecule has 4 aromatic rings. The Bertz CT molecular complexity index is 1400. The molecule has 0 unspecified atom stereocenters. The lowest BCUT2D eigenvalue weighted by Gasteiger charge is -2.29. The molecule has 1 heterocycles. The molecule has 0 spiro atoms. The third-order valence-corrected chi connectivity index (χ3v) is 7.07. The number of phenols is 2. The van der Waals surface area contributed by atoms with E-state index in [-0.39, 0.29) is 29.4 Å². The number of para-hydroxylation sites is 1. The summed E-state index contributed by atoms with van der Waals surface area (Å²) in [6, 6.07) is 27.5. The highest BCUT2D eigenvalue weighted by Crippen LogP contribution is 2.41. The number of nitrogens with one attached hydrogen (secondary N) is 1. The Morgan fingerprint density at radius 3 is 2.30 bits per heavy atom. The number of aromatic hydroxyl groups is 2. The highest BCUT2D eigenvalue weighted by molar-refractivity contribution is 7.80. The number of hydrogen-bond acceptors (Lipinski definition) is 4. The van der Waals surface area contributed by atoms with Crippen LogP contribution in [-0.2, 0) is 0 Å². The number of benzene rings is 4. The van der Waals surface area contributed by atoms with Crippen LogP contribution >= 0.6 is 12.2 Å². The second kappa shape index (κ2) is 10.6. The Morgan fingerprint density at radius 1 is 0.865 bits per heavy atom. The molecular weight excluding hydrogens is 487 g/mol. The van der Waals surface area contributed by atoms with Crippen LogP contribution in [0, 0.1) is 5.82 Å². The lowest BCUT2D eigenvalue weighted by Crippen LogP contribution is -2.29. The van der Waals surface area contributed by atoms with Gasteiger partial charge in [-0.3, -0.25) is 0 Å². The van der Waals surface area contributed by atoms with Crippen LogP contribution in [0.3, 0.4) is 0 Å². The summed E-state index contributed by atoms with van der Waals surface area (Å²) in [6.07, 6.45) is 0.220. The molecule has 5 nitrogen and oxygen atoms in total. The molecule has 188 valence electrons. The van der Waals surface area contributed by atoms with E-state index in [4.69, 9.17) is 12.2 Å². The van der Waals surface area contributed by atoms with Gasteiger partial charge in [0.15, 0.2) is 5.11 Å². The third kappa shape index (κ3) is 5.28. The Labute approximate surface area is 220 Å². The molecule has 0 bridgehead atoms. The number of thiocarbonyl (C=S) groups is 1. The summed E-state index contributed by atoms with van der Waals surface area (Å²) in [5.74, 6) is -0.0780. The van der Waals surface area contributed by atoms with Gasteiger partial charge < -0.3 is 25.5 Å². The minimum absolute atomic E-state index is 0.113. The average molecular weight is 515 g/mol. The van der Waals surface area contributed by atoms with Gasteiger partial charge in [0.2, 0.25) is 0 Å². The van der Waals surface area contributed by atoms with Crippen molar-refractivity contribution in [3.8, 4) is 22.6 Å². The fraction of sp³-hybridized carbons (Fsp3) is 0.167. The highest BCUT2D eigenvalue weighted by atomic mass is 32.1. The van der Waals surface area contributed by atoms with Crippen molar-refractivity contribution in [2.45, 2.75) is 31.0 Å². The van der Waals surface area contributed by atoms with Crippen LogP contribution in [0.4, 0.5) is 10.1 Å². The first kappa shape index (κ1) is 24.7. The number of anilines is 1. The Hall–Kier alpha value is -3.94. The Balaban J connectivity index is 1.46. The van der Waals surface area contributed by atoms with E-state index in [1.165, 1.54) is 12.1 Å². The monoisotopic (exact) mass is 514 g/mol. The molecular formula is C30H27FN2O3S. The van der Waals surface area contributed by atoms with Gasteiger partial charge in [0, 0.05) is 11.3 Å². The van der Waals surface area contributed by atoms with Crippen molar-refractivity contribution in [3.05, 3.63) is 114 Å². The van der Waals surface area contributed by atoms with E-state index in [0.717, 1.165) is 16.8 Å². The van der Waals surface area contributed by atoms with Crippen molar-refractivity contribution in [2.24, 2.45) is 0 Å². The van der Waals surface area contributed by atoms with Gasteiger partial charge in [-0.1, -0.05) is 54.6 Å². The largest absolute Gasteiger partial charge is 0.508 e. The minimum Gasteiger partial charge on any atom is -0.508 e. The summed E-state index contributed by atoms with van der Waals surface area (Å²) in [5.41, 5.74) is 3.81. The number of aliphatic hydroxyl groups is 1. The van der Waals surface area contributed by atoms with Gasteiger partial charge in [-0.25, -0.2) is 4.39 Å². The maximum Gasteiger partial charge on any atom is 0.174 e. The van der Waals surface area contributed by atoms with Crippen LogP contribution in [-0.4, -0.2) is 26.5 Å². The predicted molar refractivity (Wildman–Crippen MR) is 147 cm³/mol. The first-order valence-electron chi connectivity index (χ1n) is 12.1. The van der Waals surface area contributed by atoms with E-state index >= 15 is 0 Å². The van der Waals surface area contributed by atoms with Gasteiger partial charge in [0.25, 0.3) is 0 Å². The van der Waals surface area contributed by atoms with Gasteiger partial charge in [-0.15, -0.1) is 0 Å².